The molecule has 0 saturated carbocycles. The normalized spacial score (nSPS) is 11.5. The molecule has 5 heteroatoms. The van der Waals surface area contributed by atoms with Crippen molar-refractivity contribution in [3.8, 4) is 5.75 Å². The van der Waals surface area contributed by atoms with Gasteiger partial charge in [-0.3, -0.25) is 0 Å². The van der Waals surface area contributed by atoms with E-state index in [1.807, 2.05) is 54.6 Å². The van der Waals surface area contributed by atoms with Crippen molar-refractivity contribution in [3.05, 3.63) is 95.3 Å². The minimum atomic E-state index is -0.266. The van der Waals surface area contributed by atoms with Crippen molar-refractivity contribution in [2.45, 2.75) is 13.0 Å². The van der Waals surface area contributed by atoms with Crippen molar-refractivity contribution >= 4 is 23.0 Å². The SMILES string of the molecule is COc1ccc([C@@H](NC(=S)Nc2ccc(C)c(F)c2)c2ccccc2)cc1. The summed E-state index contributed by atoms with van der Waals surface area (Å²) >= 11 is 5.47. The van der Waals surface area contributed by atoms with Crippen molar-refractivity contribution < 1.29 is 9.13 Å². The van der Waals surface area contributed by atoms with Crippen LogP contribution < -0.4 is 15.4 Å². The Hall–Kier alpha value is -2.92. The lowest BCUT2D eigenvalue weighted by molar-refractivity contribution is 0.414. The Kier molecular flexibility index (Phi) is 6.04. The molecule has 2 N–H and O–H groups in total. The van der Waals surface area contributed by atoms with Crippen LogP contribution in [-0.4, -0.2) is 12.2 Å². The summed E-state index contributed by atoms with van der Waals surface area (Å²) < 4.78 is 19.0. The first kappa shape index (κ1) is 18.9. The van der Waals surface area contributed by atoms with Crippen LogP contribution in [0.15, 0.2) is 72.8 Å². The third-order valence-electron chi connectivity index (χ3n) is 4.29. The van der Waals surface area contributed by atoms with Gasteiger partial charge in [0.2, 0.25) is 0 Å². The first-order chi connectivity index (χ1) is 13.1. The predicted octanol–water partition coefficient (Wildman–Crippen LogP) is 5.22. The lowest BCUT2D eigenvalue weighted by Gasteiger charge is -2.22. The molecule has 0 fully saturated rings. The number of hydrogen-bond donors (Lipinski definition) is 2. The second kappa shape index (κ2) is 8.64. The maximum Gasteiger partial charge on any atom is 0.171 e. The Balaban J connectivity index is 1.82. The average Bonchev–Trinajstić information content (AvgIpc) is 2.70. The molecule has 3 rings (SSSR count). The zero-order chi connectivity index (χ0) is 19.2. The van der Waals surface area contributed by atoms with E-state index in [0.29, 0.717) is 16.4 Å². The summed E-state index contributed by atoms with van der Waals surface area (Å²) in [5, 5.41) is 6.80. The van der Waals surface area contributed by atoms with E-state index in [1.165, 1.54) is 6.07 Å². The molecule has 1 atom stereocenters. The molecule has 27 heavy (non-hydrogen) atoms. The number of thiocarbonyl (C=S) groups is 1. The predicted molar refractivity (Wildman–Crippen MR) is 112 cm³/mol. The molecule has 0 spiro atoms. The average molecular weight is 380 g/mol. The Morgan fingerprint density at radius 1 is 0.963 bits per heavy atom. The summed E-state index contributed by atoms with van der Waals surface area (Å²) in [6.45, 7) is 1.73. The van der Waals surface area contributed by atoms with Crippen LogP contribution in [0.3, 0.4) is 0 Å². The smallest absolute Gasteiger partial charge is 0.171 e. The molecule has 0 amide bonds. The van der Waals surface area contributed by atoms with Gasteiger partial charge in [0.1, 0.15) is 11.6 Å². The molecule has 0 radical (unpaired) electrons. The van der Waals surface area contributed by atoms with Gasteiger partial charge >= 0.3 is 0 Å². The number of anilines is 1. The largest absolute Gasteiger partial charge is 0.497 e. The molecule has 3 nitrogen and oxygen atoms in total. The van der Waals surface area contributed by atoms with Gasteiger partial charge in [0.15, 0.2) is 5.11 Å². The molecule has 0 aromatic heterocycles. The van der Waals surface area contributed by atoms with Crippen molar-refractivity contribution in [3.63, 3.8) is 0 Å². The number of halogens is 1. The zero-order valence-electron chi connectivity index (χ0n) is 15.2. The van der Waals surface area contributed by atoms with Crippen LogP contribution in [-0.2, 0) is 0 Å². The minimum absolute atomic E-state index is 0.146. The molecule has 3 aromatic carbocycles. The monoisotopic (exact) mass is 380 g/mol. The van der Waals surface area contributed by atoms with Crippen LogP contribution in [0.5, 0.6) is 5.75 Å². The Labute approximate surface area is 164 Å². The first-order valence-electron chi connectivity index (χ1n) is 8.59. The van der Waals surface area contributed by atoms with Gasteiger partial charge in [-0.15, -0.1) is 0 Å². The second-order valence-electron chi connectivity index (χ2n) is 6.18. The molecular weight excluding hydrogens is 359 g/mol. The molecule has 0 aliphatic rings. The third-order valence-corrected chi connectivity index (χ3v) is 4.51. The maximum absolute atomic E-state index is 13.8. The van der Waals surface area contributed by atoms with E-state index in [1.54, 1.807) is 26.2 Å². The zero-order valence-corrected chi connectivity index (χ0v) is 16.0. The number of benzene rings is 3. The van der Waals surface area contributed by atoms with Gasteiger partial charge in [0.05, 0.1) is 13.2 Å². The highest BCUT2D eigenvalue weighted by Crippen LogP contribution is 2.24. The molecule has 0 bridgehead atoms. The number of hydrogen-bond acceptors (Lipinski definition) is 2. The second-order valence-corrected chi connectivity index (χ2v) is 6.59. The topological polar surface area (TPSA) is 33.3 Å². The van der Waals surface area contributed by atoms with Crippen molar-refractivity contribution in [2.75, 3.05) is 12.4 Å². The van der Waals surface area contributed by atoms with E-state index in [4.69, 9.17) is 17.0 Å². The summed E-state index contributed by atoms with van der Waals surface area (Å²) in [6, 6.07) is 22.7. The van der Waals surface area contributed by atoms with Crippen LogP contribution in [0.25, 0.3) is 0 Å². The standard InChI is InChI=1S/C22H21FN2OS/c1-15-8-11-18(14-20(15)23)24-22(27)25-21(16-6-4-3-5-7-16)17-9-12-19(26-2)13-10-17/h3-14,21H,1-2H3,(H2,24,25,27)/t21-/m0/s1. The van der Waals surface area contributed by atoms with E-state index >= 15 is 0 Å². The molecular formula is C22H21FN2OS. The van der Waals surface area contributed by atoms with Gasteiger partial charge in [-0.1, -0.05) is 48.5 Å². The summed E-state index contributed by atoms with van der Waals surface area (Å²) in [5.74, 6) is 0.527. The number of aryl methyl sites for hydroxylation is 1. The molecule has 138 valence electrons. The quantitative estimate of drug-likeness (QED) is 0.595. The van der Waals surface area contributed by atoms with Crippen molar-refractivity contribution in [1.29, 1.82) is 0 Å². The molecule has 0 aliphatic carbocycles. The summed E-state index contributed by atoms with van der Waals surface area (Å²) in [6.07, 6.45) is 0. The van der Waals surface area contributed by atoms with Gasteiger partial charge in [0, 0.05) is 5.69 Å². The van der Waals surface area contributed by atoms with Gasteiger partial charge in [-0.25, -0.2) is 4.39 Å². The van der Waals surface area contributed by atoms with Crippen molar-refractivity contribution in [2.24, 2.45) is 0 Å². The van der Waals surface area contributed by atoms with E-state index in [-0.39, 0.29) is 11.9 Å². The molecule has 3 aromatic rings. The van der Waals surface area contributed by atoms with E-state index in [0.717, 1.165) is 16.9 Å². The first-order valence-corrected chi connectivity index (χ1v) is 9.00. The van der Waals surface area contributed by atoms with Crippen LogP contribution in [0.2, 0.25) is 0 Å². The fourth-order valence-electron chi connectivity index (χ4n) is 2.77. The van der Waals surface area contributed by atoms with Crippen LogP contribution in [0, 0.1) is 12.7 Å². The Morgan fingerprint density at radius 3 is 2.26 bits per heavy atom. The van der Waals surface area contributed by atoms with E-state index < -0.39 is 0 Å². The van der Waals surface area contributed by atoms with E-state index in [2.05, 4.69) is 10.6 Å². The molecule has 0 unspecified atom stereocenters. The maximum atomic E-state index is 13.8. The van der Waals surface area contributed by atoms with Gasteiger partial charge in [-0.2, -0.15) is 0 Å². The minimum Gasteiger partial charge on any atom is -0.497 e. The van der Waals surface area contributed by atoms with Crippen LogP contribution in [0.1, 0.15) is 22.7 Å². The van der Waals surface area contributed by atoms with Gasteiger partial charge in [-0.05, 0) is 60.1 Å². The lowest BCUT2D eigenvalue weighted by atomic mass is 9.99. The highest BCUT2D eigenvalue weighted by molar-refractivity contribution is 7.80. The highest BCUT2D eigenvalue weighted by Gasteiger charge is 2.15. The summed E-state index contributed by atoms with van der Waals surface area (Å²) in [4.78, 5) is 0. The van der Waals surface area contributed by atoms with Gasteiger partial charge in [0.25, 0.3) is 0 Å². The Bertz CT molecular complexity index is 913. The summed E-state index contributed by atoms with van der Waals surface area (Å²) in [5.41, 5.74) is 3.32. The van der Waals surface area contributed by atoms with Crippen LogP contribution in [0.4, 0.5) is 10.1 Å². The lowest BCUT2D eigenvalue weighted by Crippen LogP contribution is -2.33. The number of rotatable bonds is 5. The van der Waals surface area contributed by atoms with Gasteiger partial charge < -0.3 is 15.4 Å². The highest BCUT2D eigenvalue weighted by atomic mass is 32.1. The number of ether oxygens (including phenoxy) is 1. The number of methoxy groups -OCH3 is 1. The number of nitrogens with one attached hydrogen (secondary N) is 2. The van der Waals surface area contributed by atoms with Crippen LogP contribution >= 0.6 is 12.2 Å². The van der Waals surface area contributed by atoms with E-state index in [9.17, 15) is 4.39 Å². The molecule has 0 heterocycles. The third kappa shape index (κ3) is 4.83. The molecule has 0 saturated heterocycles. The Morgan fingerprint density at radius 2 is 1.63 bits per heavy atom. The fourth-order valence-corrected chi connectivity index (χ4v) is 3.01. The summed E-state index contributed by atoms with van der Waals surface area (Å²) in [7, 11) is 1.64. The molecule has 0 aliphatic heterocycles. The fraction of sp³-hybridized carbons (Fsp3) is 0.136. The van der Waals surface area contributed by atoms with Crippen molar-refractivity contribution in [1.82, 2.24) is 5.32 Å².